The smallest absolute Gasteiger partial charge is 0.185 e. The van der Waals surface area contributed by atoms with E-state index in [0.717, 1.165) is 31.7 Å². The largest absolute Gasteiger partial charge is 0.494 e. The summed E-state index contributed by atoms with van der Waals surface area (Å²) >= 11 is 0. The summed E-state index contributed by atoms with van der Waals surface area (Å²) in [6.07, 6.45) is 5.40. The number of benzene rings is 1. The molecule has 0 fully saturated rings. The summed E-state index contributed by atoms with van der Waals surface area (Å²) in [6.45, 7) is 7.61. The molecular weight excluding hydrogens is 288 g/mol. The summed E-state index contributed by atoms with van der Waals surface area (Å²) < 4.78 is 5.81. The zero-order chi connectivity index (χ0) is 16.7. The van der Waals surface area contributed by atoms with Crippen LogP contribution in [-0.4, -0.2) is 32.2 Å². The van der Waals surface area contributed by atoms with Crippen LogP contribution < -0.4 is 21.1 Å². The molecule has 1 aromatic rings. The predicted molar refractivity (Wildman–Crippen MR) is 97.2 cm³/mol. The number of fused-ring (bicyclic) bond motifs is 1. The topological polar surface area (TPSA) is 76.9 Å². The van der Waals surface area contributed by atoms with E-state index in [9.17, 15) is 0 Å². The maximum absolute atomic E-state index is 5.81. The fourth-order valence-electron chi connectivity index (χ4n) is 2.69. The zero-order valence-electron chi connectivity index (χ0n) is 14.2. The fourth-order valence-corrected chi connectivity index (χ4v) is 2.69. The molecule has 0 spiro atoms. The molecule has 0 bridgehead atoms. The summed E-state index contributed by atoms with van der Waals surface area (Å²) in [5, 5.41) is 0. The first-order valence-corrected chi connectivity index (χ1v) is 8.25. The molecule has 1 aromatic carbocycles. The molecule has 5 heteroatoms. The number of hydrogen-bond acceptors (Lipinski definition) is 3. The minimum Gasteiger partial charge on any atom is -0.494 e. The molecule has 0 aromatic heterocycles. The highest BCUT2D eigenvalue weighted by Crippen LogP contribution is 2.30. The molecule has 0 amide bonds. The van der Waals surface area contributed by atoms with Crippen molar-refractivity contribution in [3.05, 3.63) is 35.4 Å². The van der Waals surface area contributed by atoms with Crippen molar-refractivity contribution in [1.29, 1.82) is 0 Å². The average Bonchev–Trinajstić information content (AvgIpc) is 2.51. The van der Waals surface area contributed by atoms with Gasteiger partial charge < -0.3 is 21.1 Å². The summed E-state index contributed by atoms with van der Waals surface area (Å²) in [6, 6.07) is 6.41. The predicted octanol–water partition coefficient (Wildman–Crippen LogP) is 2.45. The van der Waals surface area contributed by atoms with Crippen molar-refractivity contribution in [1.82, 2.24) is 0 Å². The maximum Gasteiger partial charge on any atom is 0.185 e. The highest BCUT2D eigenvalue weighted by molar-refractivity contribution is 5.75. The Kier molecular flexibility index (Phi) is 6.32. The fraction of sp³-hybridized carbons (Fsp3) is 0.500. The highest BCUT2D eigenvalue weighted by Gasteiger charge is 2.16. The van der Waals surface area contributed by atoms with Gasteiger partial charge in [0, 0.05) is 31.7 Å². The van der Waals surface area contributed by atoms with E-state index in [4.69, 9.17) is 16.2 Å². The number of guanidine groups is 1. The first-order chi connectivity index (χ1) is 11.1. The molecule has 0 aliphatic carbocycles. The zero-order valence-corrected chi connectivity index (χ0v) is 14.2. The average molecular weight is 316 g/mol. The van der Waals surface area contributed by atoms with Crippen molar-refractivity contribution in [2.45, 2.75) is 33.1 Å². The van der Waals surface area contributed by atoms with Gasteiger partial charge in [0.2, 0.25) is 0 Å². The van der Waals surface area contributed by atoms with E-state index in [0.29, 0.717) is 13.2 Å². The molecule has 23 heavy (non-hydrogen) atoms. The van der Waals surface area contributed by atoms with Crippen LogP contribution in [-0.2, 0) is 6.42 Å². The van der Waals surface area contributed by atoms with Crippen molar-refractivity contribution < 1.29 is 4.74 Å². The van der Waals surface area contributed by atoms with E-state index in [1.54, 1.807) is 0 Å². The first kappa shape index (κ1) is 17.2. The Bertz CT molecular complexity index is 572. The molecule has 4 N–H and O–H groups in total. The van der Waals surface area contributed by atoms with Crippen LogP contribution in [0.25, 0.3) is 0 Å². The van der Waals surface area contributed by atoms with E-state index in [-0.39, 0.29) is 5.96 Å². The SMILES string of the molecule is CC(C)=CCN1CCCc2cc(OCCCN=C(N)N)ccc21. The minimum absolute atomic E-state index is 0.134. The Balaban J connectivity index is 1.93. The number of rotatable bonds is 7. The number of nitrogens with zero attached hydrogens (tertiary/aromatic N) is 2. The number of aliphatic imine (C=N–C) groups is 1. The number of aryl methyl sites for hydroxylation is 1. The van der Waals surface area contributed by atoms with Crippen LogP contribution in [0.1, 0.15) is 32.3 Å². The van der Waals surface area contributed by atoms with Crippen LogP contribution in [0, 0.1) is 0 Å². The van der Waals surface area contributed by atoms with Crippen molar-refractivity contribution >= 4 is 11.6 Å². The summed E-state index contributed by atoms with van der Waals surface area (Å²) in [5.41, 5.74) is 14.7. The molecule has 0 saturated heterocycles. The summed E-state index contributed by atoms with van der Waals surface area (Å²) in [4.78, 5) is 6.39. The Morgan fingerprint density at radius 1 is 1.35 bits per heavy atom. The maximum atomic E-state index is 5.81. The van der Waals surface area contributed by atoms with Crippen LogP contribution in [0.5, 0.6) is 5.75 Å². The second kappa shape index (κ2) is 8.46. The molecule has 0 saturated carbocycles. The third-order valence-corrected chi connectivity index (χ3v) is 3.85. The molecule has 1 heterocycles. The van der Waals surface area contributed by atoms with Crippen LogP contribution in [0.15, 0.2) is 34.8 Å². The molecular formula is C18H28N4O. The van der Waals surface area contributed by atoms with Crippen LogP contribution in [0.2, 0.25) is 0 Å². The second-order valence-electron chi connectivity index (χ2n) is 6.13. The standard InChI is InChI=1S/C18H28N4O/c1-14(2)8-11-22-10-3-5-15-13-16(6-7-17(15)22)23-12-4-9-21-18(19)20/h6-8,13H,3-5,9-12H2,1-2H3,(H4,19,20,21). The molecule has 2 rings (SSSR count). The van der Waals surface area contributed by atoms with E-state index < -0.39 is 0 Å². The number of hydrogen-bond donors (Lipinski definition) is 2. The normalized spacial score (nSPS) is 13.2. The van der Waals surface area contributed by atoms with Gasteiger partial charge in [0.25, 0.3) is 0 Å². The third kappa shape index (κ3) is 5.51. The Morgan fingerprint density at radius 2 is 2.17 bits per heavy atom. The number of nitrogens with two attached hydrogens (primary N) is 2. The number of ether oxygens (including phenoxy) is 1. The van der Waals surface area contributed by atoms with Gasteiger partial charge in [0.1, 0.15) is 5.75 Å². The second-order valence-corrected chi connectivity index (χ2v) is 6.13. The van der Waals surface area contributed by atoms with Crippen LogP contribution in [0.4, 0.5) is 5.69 Å². The van der Waals surface area contributed by atoms with Crippen LogP contribution in [0.3, 0.4) is 0 Å². The van der Waals surface area contributed by atoms with Gasteiger partial charge in [0.05, 0.1) is 6.61 Å². The quantitative estimate of drug-likeness (QED) is 0.350. The molecule has 0 radical (unpaired) electrons. The molecule has 1 aliphatic rings. The lowest BCUT2D eigenvalue weighted by atomic mass is 10.0. The first-order valence-electron chi connectivity index (χ1n) is 8.25. The molecule has 126 valence electrons. The monoisotopic (exact) mass is 316 g/mol. The van der Waals surface area contributed by atoms with E-state index in [1.807, 2.05) is 0 Å². The Hall–Kier alpha value is -2.17. The highest BCUT2D eigenvalue weighted by atomic mass is 16.5. The Labute approximate surface area is 139 Å². The summed E-state index contributed by atoms with van der Waals surface area (Å²) in [7, 11) is 0. The van der Waals surface area contributed by atoms with Gasteiger partial charge in [-0.1, -0.05) is 11.6 Å². The van der Waals surface area contributed by atoms with E-state index in [1.165, 1.54) is 23.2 Å². The van der Waals surface area contributed by atoms with E-state index >= 15 is 0 Å². The molecule has 5 nitrogen and oxygen atoms in total. The minimum atomic E-state index is 0.134. The molecule has 0 unspecified atom stereocenters. The van der Waals surface area contributed by atoms with Gasteiger partial charge in [0.15, 0.2) is 5.96 Å². The van der Waals surface area contributed by atoms with Crippen molar-refractivity contribution in [3.8, 4) is 5.75 Å². The van der Waals surface area contributed by atoms with E-state index in [2.05, 4.69) is 48.0 Å². The lowest BCUT2D eigenvalue weighted by Crippen LogP contribution is -2.29. The van der Waals surface area contributed by atoms with Gasteiger partial charge in [-0.3, -0.25) is 4.99 Å². The van der Waals surface area contributed by atoms with Gasteiger partial charge in [-0.15, -0.1) is 0 Å². The number of anilines is 1. The van der Waals surface area contributed by atoms with Gasteiger partial charge in [-0.25, -0.2) is 0 Å². The molecule has 1 aliphatic heterocycles. The van der Waals surface area contributed by atoms with Crippen molar-refractivity contribution in [2.75, 3.05) is 31.1 Å². The van der Waals surface area contributed by atoms with Crippen molar-refractivity contribution in [2.24, 2.45) is 16.5 Å². The lowest BCUT2D eigenvalue weighted by Gasteiger charge is -2.31. The Morgan fingerprint density at radius 3 is 2.91 bits per heavy atom. The molecule has 0 atom stereocenters. The lowest BCUT2D eigenvalue weighted by molar-refractivity contribution is 0.313. The van der Waals surface area contributed by atoms with Crippen LogP contribution >= 0.6 is 0 Å². The number of allylic oxidation sites excluding steroid dienone is 1. The van der Waals surface area contributed by atoms with Crippen molar-refractivity contribution in [3.63, 3.8) is 0 Å². The van der Waals surface area contributed by atoms with Gasteiger partial charge in [-0.2, -0.15) is 0 Å². The van der Waals surface area contributed by atoms with Gasteiger partial charge in [-0.05, 0) is 50.5 Å². The van der Waals surface area contributed by atoms with Gasteiger partial charge >= 0.3 is 0 Å². The summed E-state index contributed by atoms with van der Waals surface area (Å²) in [5.74, 6) is 1.06. The third-order valence-electron chi connectivity index (χ3n) is 3.85.